The molecule has 0 aliphatic heterocycles. The van der Waals surface area contributed by atoms with E-state index >= 15 is 0 Å². The molecule has 2 N–H and O–H groups in total. The van der Waals surface area contributed by atoms with Crippen LogP contribution in [0.15, 0.2) is 0 Å². The molecule has 64 valence electrons. The molecule has 3 nitrogen and oxygen atoms in total. The minimum absolute atomic E-state index is 0.0107. The third kappa shape index (κ3) is 2.50. The number of rotatable bonds is 2. The quantitative estimate of drug-likeness (QED) is 0.605. The van der Waals surface area contributed by atoms with Gasteiger partial charge in [-0.05, 0) is 25.7 Å². The first-order chi connectivity index (χ1) is 4.99. The SMILES string of the molecule is CC(=O)NCC1CC(C)(O)C1. The van der Waals surface area contributed by atoms with Crippen molar-refractivity contribution in [3.8, 4) is 0 Å². The van der Waals surface area contributed by atoms with Gasteiger partial charge in [-0.3, -0.25) is 4.79 Å². The molecule has 0 heterocycles. The molecule has 0 saturated heterocycles. The number of aliphatic hydroxyl groups is 1. The van der Waals surface area contributed by atoms with Crippen LogP contribution in [0.25, 0.3) is 0 Å². The van der Waals surface area contributed by atoms with Crippen molar-refractivity contribution in [2.75, 3.05) is 6.54 Å². The molecular formula is C8H15NO2. The molecule has 0 spiro atoms. The Morgan fingerprint density at radius 1 is 1.73 bits per heavy atom. The highest BCUT2D eigenvalue weighted by atomic mass is 16.3. The molecule has 1 saturated carbocycles. The van der Waals surface area contributed by atoms with Crippen LogP contribution in [-0.2, 0) is 4.79 Å². The summed E-state index contributed by atoms with van der Waals surface area (Å²) in [6.45, 7) is 4.06. The van der Waals surface area contributed by atoms with Crippen LogP contribution in [0.1, 0.15) is 26.7 Å². The Morgan fingerprint density at radius 3 is 2.64 bits per heavy atom. The monoisotopic (exact) mass is 157 g/mol. The van der Waals surface area contributed by atoms with Gasteiger partial charge in [0.15, 0.2) is 0 Å². The molecule has 1 aliphatic carbocycles. The summed E-state index contributed by atoms with van der Waals surface area (Å²) in [5.74, 6) is 0.491. The number of hydrogen-bond donors (Lipinski definition) is 2. The fraction of sp³-hybridized carbons (Fsp3) is 0.875. The first kappa shape index (κ1) is 8.53. The predicted octanol–water partition coefficient (Wildman–Crippen LogP) is 0.283. The van der Waals surface area contributed by atoms with E-state index in [1.165, 1.54) is 6.92 Å². The van der Waals surface area contributed by atoms with E-state index in [0.717, 1.165) is 12.8 Å². The molecule has 0 radical (unpaired) electrons. The minimum Gasteiger partial charge on any atom is -0.390 e. The van der Waals surface area contributed by atoms with Crippen molar-refractivity contribution in [2.24, 2.45) is 5.92 Å². The second kappa shape index (κ2) is 2.81. The molecular weight excluding hydrogens is 142 g/mol. The number of hydrogen-bond acceptors (Lipinski definition) is 2. The fourth-order valence-electron chi connectivity index (χ4n) is 1.62. The van der Waals surface area contributed by atoms with E-state index in [2.05, 4.69) is 5.32 Å². The summed E-state index contributed by atoms with van der Waals surface area (Å²) in [7, 11) is 0. The second-order valence-corrected chi connectivity index (χ2v) is 3.71. The van der Waals surface area contributed by atoms with Crippen molar-refractivity contribution in [3.63, 3.8) is 0 Å². The third-order valence-corrected chi connectivity index (χ3v) is 2.10. The van der Waals surface area contributed by atoms with Gasteiger partial charge in [0.2, 0.25) is 5.91 Å². The van der Waals surface area contributed by atoms with Gasteiger partial charge in [0, 0.05) is 13.5 Å². The van der Waals surface area contributed by atoms with E-state index in [1.54, 1.807) is 0 Å². The number of nitrogens with one attached hydrogen (secondary N) is 1. The van der Waals surface area contributed by atoms with Gasteiger partial charge in [-0.2, -0.15) is 0 Å². The second-order valence-electron chi connectivity index (χ2n) is 3.71. The first-order valence-electron chi connectivity index (χ1n) is 3.96. The molecule has 11 heavy (non-hydrogen) atoms. The highest BCUT2D eigenvalue weighted by molar-refractivity contribution is 5.72. The summed E-state index contributed by atoms with van der Waals surface area (Å²) < 4.78 is 0. The predicted molar refractivity (Wildman–Crippen MR) is 42.0 cm³/mol. The number of amides is 1. The zero-order chi connectivity index (χ0) is 8.48. The summed E-state index contributed by atoms with van der Waals surface area (Å²) in [5, 5.41) is 12.1. The fourth-order valence-corrected chi connectivity index (χ4v) is 1.62. The van der Waals surface area contributed by atoms with Gasteiger partial charge >= 0.3 is 0 Å². The molecule has 1 rings (SSSR count). The van der Waals surface area contributed by atoms with Crippen molar-refractivity contribution >= 4 is 5.91 Å². The summed E-state index contributed by atoms with van der Waals surface area (Å²) in [6, 6.07) is 0. The Labute approximate surface area is 66.8 Å². The molecule has 0 aromatic heterocycles. The smallest absolute Gasteiger partial charge is 0.216 e. The standard InChI is InChI=1S/C8H15NO2/c1-6(10)9-5-7-3-8(2,11)4-7/h7,11H,3-5H2,1-2H3,(H,9,10). The average molecular weight is 157 g/mol. The van der Waals surface area contributed by atoms with Crippen LogP contribution in [0.3, 0.4) is 0 Å². The molecule has 1 fully saturated rings. The van der Waals surface area contributed by atoms with E-state index in [4.69, 9.17) is 0 Å². The van der Waals surface area contributed by atoms with E-state index in [0.29, 0.717) is 12.5 Å². The van der Waals surface area contributed by atoms with Crippen molar-refractivity contribution < 1.29 is 9.90 Å². The molecule has 3 heteroatoms. The topological polar surface area (TPSA) is 49.3 Å². The maximum Gasteiger partial charge on any atom is 0.216 e. The zero-order valence-corrected chi connectivity index (χ0v) is 7.05. The Morgan fingerprint density at radius 2 is 2.27 bits per heavy atom. The van der Waals surface area contributed by atoms with E-state index in [9.17, 15) is 9.90 Å². The summed E-state index contributed by atoms with van der Waals surface area (Å²) >= 11 is 0. The highest BCUT2D eigenvalue weighted by Gasteiger charge is 2.37. The van der Waals surface area contributed by atoms with E-state index in [1.807, 2.05) is 6.92 Å². The van der Waals surface area contributed by atoms with Gasteiger partial charge in [0.25, 0.3) is 0 Å². The molecule has 0 unspecified atom stereocenters. The van der Waals surface area contributed by atoms with E-state index < -0.39 is 5.60 Å². The maximum absolute atomic E-state index is 10.5. The molecule has 1 aliphatic rings. The van der Waals surface area contributed by atoms with Crippen LogP contribution in [0.2, 0.25) is 0 Å². The van der Waals surface area contributed by atoms with Crippen molar-refractivity contribution in [1.82, 2.24) is 5.32 Å². The highest BCUT2D eigenvalue weighted by Crippen LogP contribution is 2.36. The Bertz CT molecular complexity index is 157. The van der Waals surface area contributed by atoms with Gasteiger partial charge in [-0.25, -0.2) is 0 Å². The summed E-state index contributed by atoms with van der Waals surface area (Å²) in [5.41, 5.74) is -0.469. The van der Waals surface area contributed by atoms with Crippen molar-refractivity contribution in [3.05, 3.63) is 0 Å². The van der Waals surface area contributed by atoms with Crippen LogP contribution in [0.5, 0.6) is 0 Å². The molecule has 0 atom stereocenters. The van der Waals surface area contributed by atoms with Crippen molar-refractivity contribution in [2.45, 2.75) is 32.3 Å². The molecule has 0 bridgehead atoms. The Balaban J connectivity index is 2.09. The summed E-state index contributed by atoms with van der Waals surface area (Å²) in [6.07, 6.45) is 1.63. The number of carbonyl (C=O) groups is 1. The maximum atomic E-state index is 10.5. The lowest BCUT2D eigenvalue weighted by Crippen LogP contribution is -2.45. The molecule has 1 amide bonds. The van der Waals surface area contributed by atoms with Crippen LogP contribution in [-0.4, -0.2) is 23.2 Å². The van der Waals surface area contributed by atoms with Crippen molar-refractivity contribution in [1.29, 1.82) is 0 Å². The minimum atomic E-state index is -0.469. The zero-order valence-electron chi connectivity index (χ0n) is 7.05. The van der Waals surface area contributed by atoms with E-state index in [-0.39, 0.29) is 5.91 Å². The van der Waals surface area contributed by atoms with Crippen LogP contribution >= 0.6 is 0 Å². The third-order valence-electron chi connectivity index (χ3n) is 2.10. The average Bonchev–Trinajstić information content (AvgIpc) is 1.78. The normalized spacial score (nSPS) is 36.1. The Hall–Kier alpha value is -0.570. The lowest BCUT2D eigenvalue weighted by Gasteiger charge is -2.40. The number of carbonyl (C=O) groups excluding carboxylic acids is 1. The molecule has 0 aromatic rings. The van der Waals surface area contributed by atoms with Crippen LogP contribution in [0, 0.1) is 5.92 Å². The van der Waals surface area contributed by atoms with Crippen LogP contribution in [0.4, 0.5) is 0 Å². The lowest BCUT2D eigenvalue weighted by molar-refractivity contribution is -0.120. The largest absolute Gasteiger partial charge is 0.390 e. The lowest BCUT2D eigenvalue weighted by atomic mass is 9.72. The van der Waals surface area contributed by atoms with Gasteiger partial charge < -0.3 is 10.4 Å². The Kier molecular flexibility index (Phi) is 2.18. The summed E-state index contributed by atoms with van der Waals surface area (Å²) in [4.78, 5) is 10.5. The first-order valence-corrected chi connectivity index (χ1v) is 3.96. The van der Waals surface area contributed by atoms with Gasteiger partial charge in [0.1, 0.15) is 0 Å². The molecule has 0 aromatic carbocycles. The van der Waals surface area contributed by atoms with Gasteiger partial charge in [-0.1, -0.05) is 0 Å². The van der Waals surface area contributed by atoms with Gasteiger partial charge in [-0.15, -0.1) is 0 Å². The van der Waals surface area contributed by atoms with Gasteiger partial charge in [0.05, 0.1) is 5.60 Å². The van der Waals surface area contributed by atoms with Crippen LogP contribution < -0.4 is 5.32 Å².